The van der Waals surface area contributed by atoms with Gasteiger partial charge in [0.15, 0.2) is 0 Å². The smallest absolute Gasteiger partial charge is 0.0580 e. The molecule has 0 spiro atoms. The lowest BCUT2D eigenvalue weighted by Crippen LogP contribution is -2.35. The van der Waals surface area contributed by atoms with Crippen molar-refractivity contribution in [3.63, 3.8) is 0 Å². The lowest BCUT2D eigenvalue weighted by molar-refractivity contribution is 0.129. The zero-order chi connectivity index (χ0) is 13.9. The molecule has 0 bridgehead atoms. The molecule has 0 amide bonds. The Morgan fingerprint density at radius 1 is 1.00 bits per heavy atom. The minimum atomic E-state index is -0.0422. The molecule has 0 aromatic rings. The quantitative estimate of drug-likeness (QED) is 0.549. The van der Waals surface area contributed by atoms with Crippen LogP contribution in [0.1, 0.15) is 84.5 Å². The molecule has 0 aliphatic heterocycles. The summed E-state index contributed by atoms with van der Waals surface area (Å²) in [7, 11) is 0. The molecule has 1 fully saturated rings. The minimum absolute atomic E-state index is 0.0422. The van der Waals surface area contributed by atoms with Gasteiger partial charge in [0.25, 0.3) is 0 Å². The summed E-state index contributed by atoms with van der Waals surface area (Å²) in [5, 5.41) is 13.6. The minimum Gasteiger partial charge on any atom is -0.393 e. The van der Waals surface area contributed by atoms with E-state index in [1.165, 1.54) is 64.2 Å². The molecule has 2 unspecified atom stereocenters. The summed E-state index contributed by atoms with van der Waals surface area (Å²) in [6.45, 7) is 5.58. The standard InChI is InChI=1S/C17H35NO/c1-3-5-7-11-16(12-8-6-4-2)18-14-15-10-9-13-17(15)19/h15-19H,3-14H2,1-2H3. The molecule has 0 saturated heterocycles. The molecule has 2 nitrogen and oxygen atoms in total. The second-order valence-corrected chi connectivity index (χ2v) is 6.36. The van der Waals surface area contributed by atoms with Gasteiger partial charge in [-0.15, -0.1) is 0 Å². The summed E-state index contributed by atoms with van der Waals surface area (Å²) in [5.74, 6) is 0.514. The number of hydrogen-bond acceptors (Lipinski definition) is 2. The van der Waals surface area contributed by atoms with Crippen LogP contribution in [-0.2, 0) is 0 Å². The monoisotopic (exact) mass is 269 g/mol. The molecule has 19 heavy (non-hydrogen) atoms. The Kier molecular flexibility index (Phi) is 9.54. The Bertz CT molecular complexity index is 197. The zero-order valence-corrected chi connectivity index (χ0v) is 13.2. The van der Waals surface area contributed by atoms with Gasteiger partial charge in [-0.3, -0.25) is 0 Å². The fraction of sp³-hybridized carbons (Fsp3) is 1.00. The van der Waals surface area contributed by atoms with Gasteiger partial charge in [-0.2, -0.15) is 0 Å². The molecular weight excluding hydrogens is 234 g/mol. The van der Waals surface area contributed by atoms with Gasteiger partial charge in [0, 0.05) is 12.6 Å². The van der Waals surface area contributed by atoms with Crippen LogP contribution in [0.15, 0.2) is 0 Å². The molecule has 1 aliphatic rings. The molecule has 0 aromatic heterocycles. The van der Waals surface area contributed by atoms with Crippen LogP contribution in [0.4, 0.5) is 0 Å². The zero-order valence-electron chi connectivity index (χ0n) is 13.2. The average Bonchev–Trinajstić information content (AvgIpc) is 2.81. The first-order valence-corrected chi connectivity index (χ1v) is 8.69. The summed E-state index contributed by atoms with van der Waals surface area (Å²) in [4.78, 5) is 0. The van der Waals surface area contributed by atoms with E-state index < -0.39 is 0 Å². The van der Waals surface area contributed by atoms with E-state index >= 15 is 0 Å². The summed E-state index contributed by atoms with van der Waals surface area (Å²) in [6.07, 6.45) is 14.1. The Morgan fingerprint density at radius 2 is 1.63 bits per heavy atom. The lowest BCUT2D eigenvalue weighted by atomic mass is 10.00. The van der Waals surface area contributed by atoms with Crippen molar-refractivity contribution in [2.24, 2.45) is 5.92 Å². The number of aliphatic hydroxyl groups excluding tert-OH is 1. The first kappa shape index (κ1) is 17.0. The highest BCUT2D eigenvalue weighted by molar-refractivity contribution is 4.80. The molecule has 1 rings (SSSR count). The molecule has 0 radical (unpaired) electrons. The summed E-state index contributed by atoms with van der Waals surface area (Å²) < 4.78 is 0. The van der Waals surface area contributed by atoms with Gasteiger partial charge in [-0.05, 0) is 31.6 Å². The molecule has 2 N–H and O–H groups in total. The van der Waals surface area contributed by atoms with Crippen LogP contribution < -0.4 is 5.32 Å². The Hall–Kier alpha value is -0.0800. The van der Waals surface area contributed by atoms with E-state index in [2.05, 4.69) is 19.2 Å². The molecule has 2 atom stereocenters. The van der Waals surface area contributed by atoms with Crippen molar-refractivity contribution in [3.05, 3.63) is 0 Å². The first-order chi connectivity index (χ1) is 9.27. The predicted octanol–water partition coefficient (Wildman–Crippen LogP) is 4.27. The van der Waals surface area contributed by atoms with Crippen molar-refractivity contribution < 1.29 is 5.11 Å². The topological polar surface area (TPSA) is 32.3 Å². The maximum absolute atomic E-state index is 9.89. The maximum Gasteiger partial charge on any atom is 0.0580 e. The molecule has 1 saturated carbocycles. The van der Waals surface area contributed by atoms with E-state index in [1.54, 1.807) is 0 Å². The second-order valence-electron chi connectivity index (χ2n) is 6.36. The Labute approximate surface area is 120 Å². The highest BCUT2D eigenvalue weighted by atomic mass is 16.3. The summed E-state index contributed by atoms with van der Waals surface area (Å²) >= 11 is 0. The fourth-order valence-corrected chi connectivity index (χ4v) is 3.20. The number of unbranched alkanes of at least 4 members (excludes halogenated alkanes) is 4. The van der Waals surface area contributed by atoms with E-state index in [-0.39, 0.29) is 6.10 Å². The van der Waals surface area contributed by atoms with Gasteiger partial charge in [0.2, 0.25) is 0 Å². The van der Waals surface area contributed by atoms with E-state index in [0.717, 1.165) is 13.0 Å². The van der Waals surface area contributed by atoms with Gasteiger partial charge >= 0.3 is 0 Å². The van der Waals surface area contributed by atoms with Crippen LogP contribution in [0.5, 0.6) is 0 Å². The van der Waals surface area contributed by atoms with Crippen LogP contribution in [0, 0.1) is 5.92 Å². The molecule has 114 valence electrons. The van der Waals surface area contributed by atoms with Gasteiger partial charge in [0.1, 0.15) is 0 Å². The van der Waals surface area contributed by atoms with Crippen molar-refractivity contribution in [2.75, 3.05) is 6.54 Å². The third-order valence-electron chi connectivity index (χ3n) is 4.60. The maximum atomic E-state index is 9.89. The van der Waals surface area contributed by atoms with Crippen LogP contribution in [-0.4, -0.2) is 23.8 Å². The molecular formula is C17H35NO. The van der Waals surface area contributed by atoms with E-state index in [4.69, 9.17) is 0 Å². The number of aliphatic hydroxyl groups is 1. The third-order valence-corrected chi connectivity index (χ3v) is 4.60. The SMILES string of the molecule is CCCCCC(CCCCC)NCC1CCCC1O. The molecule has 1 aliphatic carbocycles. The van der Waals surface area contributed by atoms with Gasteiger partial charge < -0.3 is 10.4 Å². The number of nitrogens with one attached hydrogen (secondary N) is 1. The van der Waals surface area contributed by atoms with Gasteiger partial charge in [-0.1, -0.05) is 58.8 Å². The van der Waals surface area contributed by atoms with Crippen molar-refractivity contribution in [1.29, 1.82) is 0 Å². The predicted molar refractivity (Wildman–Crippen MR) is 83.4 cm³/mol. The highest BCUT2D eigenvalue weighted by Gasteiger charge is 2.25. The molecule has 0 aromatic carbocycles. The average molecular weight is 269 g/mol. The second kappa shape index (κ2) is 10.7. The van der Waals surface area contributed by atoms with Crippen LogP contribution in [0.2, 0.25) is 0 Å². The van der Waals surface area contributed by atoms with Crippen LogP contribution in [0.25, 0.3) is 0 Å². The summed E-state index contributed by atoms with van der Waals surface area (Å²) in [5.41, 5.74) is 0. The first-order valence-electron chi connectivity index (χ1n) is 8.69. The Balaban J connectivity index is 2.21. The lowest BCUT2D eigenvalue weighted by Gasteiger charge is -2.22. The van der Waals surface area contributed by atoms with E-state index in [9.17, 15) is 5.11 Å². The fourth-order valence-electron chi connectivity index (χ4n) is 3.20. The van der Waals surface area contributed by atoms with Crippen LogP contribution in [0.3, 0.4) is 0 Å². The highest BCUT2D eigenvalue weighted by Crippen LogP contribution is 2.25. The van der Waals surface area contributed by atoms with E-state index in [0.29, 0.717) is 12.0 Å². The number of hydrogen-bond donors (Lipinski definition) is 2. The normalized spacial score (nSPS) is 23.4. The van der Waals surface area contributed by atoms with Gasteiger partial charge in [0.05, 0.1) is 6.10 Å². The number of rotatable bonds is 11. The van der Waals surface area contributed by atoms with Crippen molar-refractivity contribution >= 4 is 0 Å². The summed E-state index contributed by atoms with van der Waals surface area (Å²) in [6, 6.07) is 0.686. The van der Waals surface area contributed by atoms with Crippen LogP contribution >= 0.6 is 0 Å². The molecule has 0 heterocycles. The Morgan fingerprint density at radius 3 is 2.11 bits per heavy atom. The van der Waals surface area contributed by atoms with Crippen molar-refractivity contribution in [2.45, 2.75) is 96.6 Å². The molecule has 2 heteroatoms. The van der Waals surface area contributed by atoms with E-state index in [1.807, 2.05) is 0 Å². The van der Waals surface area contributed by atoms with Crippen molar-refractivity contribution in [1.82, 2.24) is 5.32 Å². The van der Waals surface area contributed by atoms with Gasteiger partial charge in [-0.25, -0.2) is 0 Å². The van der Waals surface area contributed by atoms with Crippen molar-refractivity contribution in [3.8, 4) is 0 Å². The third kappa shape index (κ3) is 7.31. The largest absolute Gasteiger partial charge is 0.393 e.